The largest absolute Gasteiger partial charge is 0.298 e. The van der Waals surface area contributed by atoms with E-state index >= 15 is 0 Å². The van der Waals surface area contributed by atoms with Crippen molar-refractivity contribution in [3.63, 3.8) is 0 Å². The number of aromatic amines is 1. The van der Waals surface area contributed by atoms with Gasteiger partial charge in [-0.15, -0.1) is 0 Å². The molecule has 1 aromatic rings. The Labute approximate surface area is 57.5 Å². The van der Waals surface area contributed by atoms with Gasteiger partial charge in [0.25, 0.3) is 0 Å². The minimum Gasteiger partial charge on any atom is -0.298 e. The lowest BCUT2D eigenvalue weighted by atomic mass is 10.0. The highest BCUT2D eigenvalue weighted by Crippen LogP contribution is 1.88. The highest BCUT2D eigenvalue weighted by Gasteiger charge is 1.91. The van der Waals surface area contributed by atoms with E-state index in [1.54, 1.807) is 0 Å². The Balaban J connectivity index is 3.34. The summed E-state index contributed by atoms with van der Waals surface area (Å²) in [5.74, 6) is 0. The van der Waals surface area contributed by atoms with E-state index in [0.29, 0.717) is 0 Å². The summed E-state index contributed by atoms with van der Waals surface area (Å²) in [6.45, 7) is 0. The van der Waals surface area contributed by atoms with Crippen LogP contribution in [0.5, 0.6) is 0 Å². The number of hydrogen-bond acceptors (Lipinski definition) is 2. The Bertz CT molecular complexity index is 272. The zero-order valence-electron chi connectivity index (χ0n) is 4.39. The fourth-order valence-electron chi connectivity index (χ4n) is 0.383. The van der Waals surface area contributed by atoms with Crippen molar-refractivity contribution in [2.45, 2.75) is 0 Å². The molecule has 0 bridgehead atoms. The van der Waals surface area contributed by atoms with Crippen molar-refractivity contribution in [2.75, 3.05) is 0 Å². The summed E-state index contributed by atoms with van der Waals surface area (Å²) in [4.78, 5) is 16.3. The number of hydrogen-bond donors (Lipinski definition) is 1. The first kappa shape index (κ1) is 6.36. The van der Waals surface area contributed by atoms with Gasteiger partial charge < -0.3 is 0 Å². The number of aromatic nitrogens is 2. The first-order chi connectivity index (χ1) is 4.20. The molecule has 1 rings (SSSR count). The van der Waals surface area contributed by atoms with Crippen LogP contribution >= 0.6 is 11.6 Å². The normalized spacial score (nSPS) is 9.44. The summed E-state index contributed by atoms with van der Waals surface area (Å²) in [6, 6.07) is 0. The number of nitrogens with zero attached hydrogens (tertiary/aromatic N) is 1. The third kappa shape index (κ3) is 1.32. The van der Waals surface area contributed by atoms with Gasteiger partial charge in [0.15, 0.2) is 0 Å². The van der Waals surface area contributed by atoms with E-state index in [-0.39, 0.29) is 10.7 Å². The topological polar surface area (TPSA) is 45.8 Å². The van der Waals surface area contributed by atoms with Crippen LogP contribution in [0.4, 0.5) is 0 Å². The molecular weight excluding hydrogens is 138 g/mol. The van der Waals surface area contributed by atoms with Gasteiger partial charge >= 0.3 is 0 Å². The van der Waals surface area contributed by atoms with Crippen molar-refractivity contribution in [1.82, 2.24) is 9.97 Å². The van der Waals surface area contributed by atoms with E-state index in [9.17, 15) is 4.79 Å². The Morgan fingerprint density at radius 1 is 1.78 bits per heavy atom. The fraction of sp³-hybridized carbons (Fsp3) is 0. The molecule has 0 spiro atoms. The maximum atomic E-state index is 10.5. The Morgan fingerprint density at radius 3 is 2.89 bits per heavy atom. The third-order valence-electron chi connectivity index (χ3n) is 0.796. The summed E-state index contributed by atoms with van der Waals surface area (Å²) >= 11 is 5.29. The molecular formula is C4H2BClN2O. The van der Waals surface area contributed by atoms with Crippen LogP contribution in [0.3, 0.4) is 0 Å². The molecule has 0 atom stereocenters. The second-order valence-corrected chi connectivity index (χ2v) is 1.82. The summed E-state index contributed by atoms with van der Waals surface area (Å²) in [6.07, 6.45) is 1.21. The third-order valence-corrected chi connectivity index (χ3v) is 0.988. The SMILES string of the molecule is [B]c1cnc(Cl)[nH]c1=O. The number of H-pyrrole nitrogens is 1. The molecule has 2 radical (unpaired) electrons. The van der Waals surface area contributed by atoms with Crippen molar-refractivity contribution in [1.29, 1.82) is 0 Å². The van der Waals surface area contributed by atoms with Crippen LogP contribution in [-0.4, -0.2) is 17.8 Å². The lowest BCUT2D eigenvalue weighted by Gasteiger charge is -1.88. The fourth-order valence-corrected chi connectivity index (χ4v) is 0.518. The summed E-state index contributed by atoms with van der Waals surface area (Å²) in [7, 11) is 5.12. The van der Waals surface area contributed by atoms with Gasteiger partial charge in [0.1, 0.15) is 7.85 Å². The van der Waals surface area contributed by atoms with Crippen LogP contribution in [0, 0.1) is 0 Å². The Morgan fingerprint density at radius 2 is 2.44 bits per heavy atom. The summed E-state index contributed by atoms with van der Waals surface area (Å²) in [5.41, 5.74) is -0.339. The van der Waals surface area contributed by atoms with E-state index in [0.717, 1.165) is 0 Å². The van der Waals surface area contributed by atoms with E-state index in [2.05, 4.69) is 9.97 Å². The smallest absolute Gasteiger partial charge is 0.244 e. The molecule has 0 saturated carbocycles. The summed E-state index contributed by atoms with van der Waals surface area (Å²) in [5, 5.41) is 0.0502. The van der Waals surface area contributed by atoms with Crippen LogP contribution in [0.1, 0.15) is 0 Å². The van der Waals surface area contributed by atoms with E-state index in [4.69, 9.17) is 19.4 Å². The zero-order chi connectivity index (χ0) is 6.85. The zero-order valence-corrected chi connectivity index (χ0v) is 5.14. The molecule has 1 heterocycles. The lowest BCUT2D eigenvalue weighted by Crippen LogP contribution is -2.27. The highest BCUT2D eigenvalue weighted by atomic mass is 35.5. The Kier molecular flexibility index (Phi) is 1.57. The number of halogens is 1. The summed E-state index contributed by atoms with van der Waals surface area (Å²) < 4.78 is 0. The molecule has 1 aromatic heterocycles. The molecule has 0 unspecified atom stereocenters. The average molecular weight is 140 g/mol. The second kappa shape index (κ2) is 2.23. The molecule has 0 aliphatic rings. The number of rotatable bonds is 0. The van der Waals surface area contributed by atoms with Crippen molar-refractivity contribution >= 4 is 24.9 Å². The van der Waals surface area contributed by atoms with Gasteiger partial charge in [0.2, 0.25) is 10.8 Å². The molecule has 0 aliphatic heterocycles. The monoisotopic (exact) mass is 140 g/mol. The van der Waals surface area contributed by atoms with Crippen LogP contribution in [0.15, 0.2) is 11.0 Å². The molecule has 44 valence electrons. The minimum atomic E-state index is -0.407. The highest BCUT2D eigenvalue weighted by molar-refractivity contribution is 6.32. The molecule has 3 nitrogen and oxygen atoms in total. The maximum Gasteiger partial charge on any atom is 0.244 e. The standard InChI is InChI=1S/C4H2BClN2O/c5-2-1-7-4(6)8-3(2)9/h1H,(H,7,8,9). The first-order valence-corrected chi connectivity index (χ1v) is 2.58. The average Bonchev–Trinajstić information content (AvgIpc) is 1.80. The van der Waals surface area contributed by atoms with Gasteiger partial charge in [0.05, 0.1) is 0 Å². The van der Waals surface area contributed by atoms with Gasteiger partial charge in [-0.1, -0.05) is 0 Å². The van der Waals surface area contributed by atoms with Gasteiger partial charge in [-0.2, -0.15) is 0 Å². The van der Waals surface area contributed by atoms with Gasteiger partial charge in [-0.3, -0.25) is 9.78 Å². The molecule has 5 heteroatoms. The molecule has 1 N–H and O–H groups in total. The van der Waals surface area contributed by atoms with Crippen LogP contribution in [-0.2, 0) is 0 Å². The first-order valence-electron chi connectivity index (χ1n) is 2.20. The van der Waals surface area contributed by atoms with Gasteiger partial charge in [-0.05, 0) is 17.1 Å². The Hall–Kier alpha value is -0.765. The van der Waals surface area contributed by atoms with Crippen molar-refractivity contribution < 1.29 is 0 Å². The molecule has 0 aromatic carbocycles. The minimum absolute atomic E-state index is 0.0502. The quantitative estimate of drug-likeness (QED) is 0.379. The van der Waals surface area contributed by atoms with Crippen molar-refractivity contribution in [3.8, 4) is 0 Å². The van der Waals surface area contributed by atoms with E-state index in [1.807, 2.05) is 0 Å². The molecule has 9 heavy (non-hydrogen) atoms. The molecule has 0 aliphatic carbocycles. The maximum absolute atomic E-state index is 10.5. The molecule has 0 saturated heterocycles. The van der Waals surface area contributed by atoms with E-state index < -0.39 is 5.56 Å². The van der Waals surface area contributed by atoms with Crippen LogP contribution < -0.4 is 11.0 Å². The van der Waals surface area contributed by atoms with Crippen LogP contribution in [0.25, 0.3) is 0 Å². The van der Waals surface area contributed by atoms with Crippen molar-refractivity contribution in [3.05, 3.63) is 21.8 Å². The van der Waals surface area contributed by atoms with Gasteiger partial charge in [0, 0.05) is 6.20 Å². The van der Waals surface area contributed by atoms with Crippen LogP contribution in [0.2, 0.25) is 5.28 Å². The van der Waals surface area contributed by atoms with E-state index in [1.165, 1.54) is 6.20 Å². The molecule has 0 fully saturated rings. The van der Waals surface area contributed by atoms with Crippen molar-refractivity contribution in [2.24, 2.45) is 0 Å². The molecule has 0 amide bonds. The number of nitrogens with one attached hydrogen (secondary N) is 1. The second-order valence-electron chi connectivity index (χ2n) is 1.46. The predicted octanol–water partition coefficient (Wildman–Crippen LogP) is -0.783. The predicted molar refractivity (Wildman–Crippen MR) is 35.3 cm³/mol. The lowest BCUT2D eigenvalue weighted by molar-refractivity contribution is 1.14. The van der Waals surface area contributed by atoms with Gasteiger partial charge in [-0.25, -0.2) is 4.98 Å².